The Kier molecular flexibility index (Phi) is 4.70. The smallest absolute Gasteiger partial charge is 0.341 e. The van der Waals surface area contributed by atoms with Crippen LogP contribution in [0.2, 0.25) is 0 Å². The van der Waals surface area contributed by atoms with Crippen molar-refractivity contribution in [3.63, 3.8) is 0 Å². The minimum atomic E-state index is -0.460. The van der Waals surface area contributed by atoms with E-state index in [0.29, 0.717) is 17.7 Å². The fourth-order valence-electron chi connectivity index (χ4n) is 4.70. The summed E-state index contributed by atoms with van der Waals surface area (Å²) in [6.07, 6.45) is 4.00. The third kappa shape index (κ3) is 3.06. The molecular weight excluding hydrogens is 392 g/mol. The third-order valence-electron chi connectivity index (χ3n) is 6.10. The van der Waals surface area contributed by atoms with E-state index in [4.69, 9.17) is 9.47 Å². The number of hydrogen-bond donors (Lipinski definition) is 1. The number of Topliss-reactive ketones (excluding diaryl/α,β-unsaturated/α-hetero) is 1. The molecule has 0 bridgehead atoms. The average molecular weight is 414 g/mol. The molecule has 2 aliphatic rings. The third-order valence-corrected chi connectivity index (χ3v) is 6.10. The van der Waals surface area contributed by atoms with Crippen LogP contribution < -0.4 is 10.1 Å². The van der Waals surface area contributed by atoms with Gasteiger partial charge in [0.05, 0.1) is 25.8 Å². The summed E-state index contributed by atoms with van der Waals surface area (Å²) >= 11 is 0. The predicted octanol–water partition coefficient (Wildman–Crippen LogP) is 4.70. The van der Waals surface area contributed by atoms with Crippen LogP contribution in [0.1, 0.15) is 46.8 Å². The van der Waals surface area contributed by atoms with Crippen molar-refractivity contribution in [3.8, 4) is 5.75 Å². The average Bonchev–Trinajstić information content (AvgIpc) is 2.82. The van der Waals surface area contributed by atoms with Gasteiger partial charge in [0.1, 0.15) is 11.3 Å². The van der Waals surface area contributed by atoms with E-state index in [1.54, 1.807) is 12.3 Å². The van der Waals surface area contributed by atoms with Crippen LogP contribution in [-0.2, 0) is 9.53 Å². The highest BCUT2D eigenvalue weighted by Gasteiger charge is 2.35. The van der Waals surface area contributed by atoms with Crippen LogP contribution in [0.15, 0.2) is 54.2 Å². The second-order valence-electron chi connectivity index (χ2n) is 7.76. The molecule has 0 saturated heterocycles. The van der Waals surface area contributed by atoms with E-state index in [1.807, 2.05) is 30.3 Å². The molecule has 1 aliphatic carbocycles. The molecule has 0 fully saturated rings. The molecule has 1 aromatic heterocycles. The molecule has 1 atom stereocenters. The Morgan fingerprint density at radius 3 is 2.81 bits per heavy atom. The number of nitrogens with one attached hydrogen (secondary N) is 1. The second kappa shape index (κ2) is 7.54. The minimum Gasteiger partial charge on any atom is -0.496 e. The van der Waals surface area contributed by atoms with Gasteiger partial charge >= 0.3 is 5.97 Å². The van der Waals surface area contributed by atoms with Crippen LogP contribution in [0.3, 0.4) is 0 Å². The van der Waals surface area contributed by atoms with Gasteiger partial charge < -0.3 is 14.8 Å². The minimum absolute atomic E-state index is 0.154. The van der Waals surface area contributed by atoms with E-state index >= 15 is 0 Å². The van der Waals surface area contributed by atoms with E-state index < -0.39 is 5.97 Å². The number of nitrogens with zero attached hydrogens (tertiary/aromatic N) is 1. The zero-order chi connectivity index (χ0) is 21.5. The Morgan fingerprint density at radius 2 is 2.00 bits per heavy atom. The summed E-state index contributed by atoms with van der Waals surface area (Å²) in [6.45, 7) is 0. The van der Waals surface area contributed by atoms with Gasteiger partial charge in [0.2, 0.25) is 0 Å². The highest BCUT2D eigenvalue weighted by Crippen LogP contribution is 2.48. The van der Waals surface area contributed by atoms with Gasteiger partial charge in [0.15, 0.2) is 5.78 Å². The molecule has 6 nitrogen and oxygen atoms in total. The van der Waals surface area contributed by atoms with Crippen molar-refractivity contribution in [2.24, 2.45) is 0 Å². The largest absolute Gasteiger partial charge is 0.496 e. The number of carbonyl (C=O) groups excluding carboxylic acids is 2. The Hall–Kier alpha value is -3.67. The molecule has 1 aliphatic heterocycles. The SMILES string of the molecule is COC(=O)c1ccc(C2Nc3ccc4ncccc4c3C3=C2C(=O)CCC3)cc1OC. The lowest BCUT2D eigenvalue weighted by Crippen LogP contribution is -2.27. The van der Waals surface area contributed by atoms with Crippen LogP contribution in [0, 0.1) is 0 Å². The van der Waals surface area contributed by atoms with Crippen molar-refractivity contribution in [1.29, 1.82) is 0 Å². The van der Waals surface area contributed by atoms with Crippen molar-refractivity contribution < 1.29 is 19.1 Å². The normalized spacial score (nSPS) is 17.6. The van der Waals surface area contributed by atoms with Gasteiger partial charge in [0.25, 0.3) is 0 Å². The second-order valence-corrected chi connectivity index (χ2v) is 7.76. The molecule has 0 saturated carbocycles. The van der Waals surface area contributed by atoms with Gasteiger partial charge in [-0.1, -0.05) is 12.1 Å². The van der Waals surface area contributed by atoms with Crippen molar-refractivity contribution in [1.82, 2.24) is 4.98 Å². The summed E-state index contributed by atoms with van der Waals surface area (Å²) in [5.41, 5.74) is 6.07. The summed E-state index contributed by atoms with van der Waals surface area (Å²) in [7, 11) is 2.86. The van der Waals surface area contributed by atoms with E-state index in [1.165, 1.54) is 14.2 Å². The number of benzene rings is 2. The zero-order valence-electron chi connectivity index (χ0n) is 17.4. The number of allylic oxidation sites excluding steroid dienone is 1. The van der Waals surface area contributed by atoms with Gasteiger partial charge in [-0.2, -0.15) is 0 Å². The number of pyridine rings is 1. The van der Waals surface area contributed by atoms with E-state index in [2.05, 4.69) is 16.4 Å². The molecule has 3 aromatic rings. The molecule has 2 heterocycles. The maximum absolute atomic E-state index is 13.1. The van der Waals surface area contributed by atoms with Crippen molar-refractivity contribution in [2.45, 2.75) is 25.3 Å². The van der Waals surface area contributed by atoms with E-state index in [9.17, 15) is 9.59 Å². The number of rotatable bonds is 3. The monoisotopic (exact) mass is 414 g/mol. The molecule has 1 N–H and O–H groups in total. The lowest BCUT2D eigenvalue weighted by atomic mass is 9.77. The summed E-state index contributed by atoms with van der Waals surface area (Å²) in [6, 6.07) is 13.0. The Labute approximate surface area is 179 Å². The van der Waals surface area contributed by atoms with Gasteiger partial charge in [-0.25, -0.2) is 4.79 Å². The van der Waals surface area contributed by atoms with Crippen molar-refractivity contribution in [3.05, 3.63) is 70.9 Å². The molecular formula is C25H22N2O4. The molecule has 0 spiro atoms. The molecule has 156 valence electrons. The first-order valence-electron chi connectivity index (χ1n) is 10.3. The highest BCUT2D eigenvalue weighted by molar-refractivity contribution is 6.12. The Balaban J connectivity index is 1.70. The van der Waals surface area contributed by atoms with Crippen LogP contribution in [-0.4, -0.2) is 31.0 Å². The fourth-order valence-corrected chi connectivity index (χ4v) is 4.70. The number of carbonyl (C=O) groups is 2. The number of aromatic nitrogens is 1. The van der Waals surface area contributed by atoms with E-state index in [-0.39, 0.29) is 11.8 Å². The van der Waals surface area contributed by atoms with E-state index in [0.717, 1.165) is 51.7 Å². The highest BCUT2D eigenvalue weighted by atomic mass is 16.5. The molecule has 31 heavy (non-hydrogen) atoms. The summed E-state index contributed by atoms with van der Waals surface area (Å²) in [5.74, 6) is 0.115. The van der Waals surface area contributed by atoms with Crippen LogP contribution >= 0.6 is 0 Å². The number of ketones is 1. The number of esters is 1. The maximum Gasteiger partial charge on any atom is 0.341 e. The molecule has 6 heteroatoms. The molecule has 2 aromatic carbocycles. The Bertz CT molecular complexity index is 1260. The lowest BCUT2D eigenvalue weighted by molar-refractivity contribution is -0.116. The van der Waals surface area contributed by atoms with Gasteiger partial charge in [-0.15, -0.1) is 0 Å². The molecule has 0 radical (unpaired) electrons. The van der Waals surface area contributed by atoms with Crippen molar-refractivity contribution in [2.75, 3.05) is 19.5 Å². The molecule has 1 unspecified atom stereocenters. The number of anilines is 1. The lowest BCUT2D eigenvalue weighted by Gasteiger charge is -2.35. The quantitative estimate of drug-likeness (QED) is 0.626. The fraction of sp³-hybridized carbons (Fsp3) is 0.240. The maximum atomic E-state index is 13.1. The Morgan fingerprint density at radius 1 is 1.13 bits per heavy atom. The number of hydrogen-bond acceptors (Lipinski definition) is 6. The predicted molar refractivity (Wildman–Crippen MR) is 118 cm³/mol. The summed E-state index contributed by atoms with van der Waals surface area (Å²) < 4.78 is 10.3. The summed E-state index contributed by atoms with van der Waals surface area (Å²) in [4.78, 5) is 29.7. The first-order valence-corrected chi connectivity index (χ1v) is 10.3. The standard InChI is InChI=1S/C25H22N2O4/c1-30-21-13-14(8-9-16(21)25(29)31-2)24-23-17(5-3-7-20(23)28)22-15-6-4-12-26-18(15)10-11-19(22)27-24/h4,6,8-13,24,27H,3,5,7H2,1-2H3. The first kappa shape index (κ1) is 19.3. The number of fused-ring (bicyclic) bond motifs is 4. The number of ether oxygens (including phenoxy) is 2. The van der Waals surface area contributed by atoms with Gasteiger partial charge in [0, 0.05) is 34.8 Å². The van der Waals surface area contributed by atoms with Crippen molar-refractivity contribution >= 4 is 33.9 Å². The topological polar surface area (TPSA) is 77.5 Å². The van der Waals surface area contributed by atoms with Crippen LogP contribution in [0.25, 0.3) is 16.5 Å². The number of methoxy groups -OCH3 is 2. The summed E-state index contributed by atoms with van der Waals surface area (Å²) in [5, 5.41) is 4.62. The van der Waals surface area contributed by atoms with Gasteiger partial charge in [-0.3, -0.25) is 9.78 Å². The van der Waals surface area contributed by atoms with Gasteiger partial charge in [-0.05, 0) is 54.3 Å². The zero-order valence-corrected chi connectivity index (χ0v) is 17.4. The first-order chi connectivity index (χ1) is 15.1. The molecule has 0 amide bonds. The van der Waals surface area contributed by atoms with Crippen LogP contribution in [0.4, 0.5) is 5.69 Å². The van der Waals surface area contributed by atoms with Crippen LogP contribution in [0.5, 0.6) is 5.75 Å². The molecule has 5 rings (SSSR count).